The minimum absolute atomic E-state index is 0.0738. The number of carbonyl (C=O) groups excluding carboxylic acids is 4. The molecule has 1 aromatic carbocycles. The second-order valence-corrected chi connectivity index (χ2v) is 8.86. The molecule has 3 rings (SSSR count). The molecule has 1 aliphatic rings. The van der Waals surface area contributed by atoms with Crippen LogP contribution in [0.5, 0.6) is 0 Å². The minimum Gasteiger partial charge on any atom is -0.469 e. The minimum atomic E-state index is -0.829. The summed E-state index contributed by atoms with van der Waals surface area (Å²) in [6.07, 6.45) is -0.400. The third kappa shape index (κ3) is 4.72. The van der Waals surface area contributed by atoms with Crippen LogP contribution < -0.4 is 0 Å². The molecule has 0 radical (unpaired) electrons. The zero-order valence-electron chi connectivity index (χ0n) is 19.7. The van der Waals surface area contributed by atoms with Gasteiger partial charge in [0.1, 0.15) is 5.60 Å². The Hall–Kier alpha value is -3.36. The molecule has 0 aliphatic heterocycles. The number of ether oxygens (including phenoxy) is 4. The molecule has 33 heavy (non-hydrogen) atoms. The molecule has 2 aromatic rings. The zero-order chi connectivity index (χ0) is 24.5. The van der Waals surface area contributed by atoms with E-state index in [4.69, 9.17) is 18.9 Å². The van der Waals surface area contributed by atoms with Crippen molar-refractivity contribution in [1.29, 1.82) is 0 Å². The first-order valence-corrected chi connectivity index (χ1v) is 10.7. The SMILES string of the molecule is CCOC(=O)c1ccc2c(c1)c1c(n2C(=O)OC(C)(C)C)C[C@@H](C(=O)OC)[C@H](C(=O)OC)C1. The van der Waals surface area contributed by atoms with Gasteiger partial charge in [-0.15, -0.1) is 0 Å². The van der Waals surface area contributed by atoms with E-state index in [1.54, 1.807) is 45.9 Å². The lowest BCUT2D eigenvalue weighted by atomic mass is 9.77. The monoisotopic (exact) mass is 459 g/mol. The number of esters is 3. The topological polar surface area (TPSA) is 110 Å². The summed E-state index contributed by atoms with van der Waals surface area (Å²) in [5, 5.41) is 0.610. The number of fused-ring (bicyclic) bond motifs is 3. The van der Waals surface area contributed by atoms with Crippen LogP contribution >= 0.6 is 0 Å². The first-order valence-electron chi connectivity index (χ1n) is 10.7. The summed E-state index contributed by atoms with van der Waals surface area (Å²) in [7, 11) is 2.51. The lowest BCUT2D eigenvalue weighted by molar-refractivity contribution is -0.158. The molecule has 9 heteroatoms. The van der Waals surface area contributed by atoms with Crippen LogP contribution in [-0.2, 0) is 41.4 Å². The van der Waals surface area contributed by atoms with Crippen LogP contribution in [0.15, 0.2) is 18.2 Å². The fourth-order valence-electron chi connectivity index (χ4n) is 4.22. The Morgan fingerprint density at radius 3 is 2.15 bits per heavy atom. The van der Waals surface area contributed by atoms with Crippen LogP contribution in [0.25, 0.3) is 10.9 Å². The normalized spacial score (nSPS) is 17.8. The molecule has 0 saturated carbocycles. The summed E-state index contributed by atoms with van der Waals surface area (Å²) in [5.41, 5.74) is 1.29. The van der Waals surface area contributed by atoms with Crippen molar-refractivity contribution in [3.05, 3.63) is 35.0 Å². The molecule has 1 heterocycles. The van der Waals surface area contributed by atoms with Crippen LogP contribution in [0.2, 0.25) is 0 Å². The Labute approximate surface area is 191 Å². The Kier molecular flexibility index (Phi) is 6.81. The smallest absolute Gasteiger partial charge is 0.419 e. The molecule has 1 aromatic heterocycles. The van der Waals surface area contributed by atoms with Gasteiger partial charge in [0.25, 0.3) is 0 Å². The lowest BCUT2D eigenvalue weighted by Crippen LogP contribution is -2.39. The number of nitrogens with zero attached hydrogens (tertiary/aromatic N) is 1. The maximum absolute atomic E-state index is 13.2. The first kappa shape index (κ1) is 24.3. The molecule has 0 fully saturated rings. The van der Waals surface area contributed by atoms with Gasteiger partial charge >= 0.3 is 24.0 Å². The number of hydrogen-bond acceptors (Lipinski definition) is 8. The van der Waals surface area contributed by atoms with Gasteiger partial charge in [0.05, 0.1) is 43.7 Å². The summed E-state index contributed by atoms with van der Waals surface area (Å²) < 4.78 is 22.0. The van der Waals surface area contributed by atoms with Gasteiger partial charge < -0.3 is 18.9 Å². The summed E-state index contributed by atoms with van der Waals surface area (Å²) in [5.74, 6) is -3.23. The van der Waals surface area contributed by atoms with Crippen LogP contribution in [0, 0.1) is 11.8 Å². The molecule has 178 valence electrons. The van der Waals surface area contributed by atoms with Gasteiger partial charge in [-0.2, -0.15) is 0 Å². The lowest BCUT2D eigenvalue weighted by Gasteiger charge is -2.29. The average molecular weight is 459 g/mol. The standard InChI is InChI=1S/C24H29NO8/c1-7-32-20(26)13-8-9-18-14(10-13)15-11-16(21(27)30-5)17(22(28)31-6)12-19(15)25(18)23(29)33-24(2,3)4/h8-10,16-17H,7,11-12H2,1-6H3/t16-,17-/m1/s1. The number of methoxy groups -OCH3 is 2. The van der Waals surface area contributed by atoms with E-state index in [1.165, 1.54) is 18.8 Å². The third-order valence-electron chi connectivity index (χ3n) is 5.60. The molecule has 1 aliphatic carbocycles. The van der Waals surface area contributed by atoms with Crippen molar-refractivity contribution in [2.75, 3.05) is 20.8 Å². The predicted molar refractivity (Wildman–Crippen MR) is 118 cm³/mol. The van der Waals surface area contributed by atoms with Crippen molar-refractivity contribution < 1.29 is 38.1 Å². The van der Waals surface area contributed by atoms with Gasteiger partial charge in [-0.25, -0.2) is 14.2 Å². The molecule has 0 saturated heterocycles. The number of aromatic nitrogens is 1. The highest BCUT2D eigenvalue weighted by Crippen LogP contribution is 2.39. The van der Waals surface area contributed by atoms with Crippen molar-refractivity contribution in [2.45, 2.75) is 46.1 Å². The van der Waals surface area contributed by atoms with Crippen molar-refractivity contribution in [1.82, 2.24) is 4.57 Å². The second kappa shape index (κ2) is 9.25. The van der Waals surface area contributed by atoms with E-state index in [0.29, 0.717) is 27.7 Å². The van der Waals surface area contributed by atoms with Gasteiger partial charge in [-0.05, 0) is 57.9 Å². The summed E-state index contributed by atoms with van der Waals surface area (Å²) >= 11 is 0. The highest BCUT2D eigenvalue weighted by molar-refractivity contribution is 6.00. The highest BCUT2D eigenvalue weighted by Gasteiger charge is 2.43. The highest BCUT2D eigenvalue weighted by atomic mass is 16.6. The Morgan fingerprint density at radius 1 is 1.00 bits per heavy atom. The van der Waals surface area contributed by atoms with Gasteiger partial charge in [-0.3, -0.25) is 9.59 Å². The fourth-order valence-corrected chi connectivity index (χ4v) is 4.22. The third-order valence-corrected chi connectivity index (χ3v) is 5.60. The van der Waals surface area contributed by atoms with Crippen LogP contribution in [0.4, 0.5) is 4.79 Å². The first-order chi connectivity index (χ1) is 15.5. The van der Waals surface area contributed by atoms with Crippen LogP contribution in [0.1, 0.15) is 49.3 Å². The van der Waals surface area contributed by atoms with E-state index in [2.05, 4.69) is 0 Å². The Balaban J connectivity index is 2.24. The fraction of sp³-hybridized carbons (Fsp3) is 0.500. The van der Waals surface area contributed by atoms with E-state index in [1.807, 2.05) is 0 Å². The molecule has 0 N–H and O–H groups in total. The van der Waals surface area contributed by atoms with E-state index >= 15 is 0 Å². The van der Waals surface area contributed by atoms with Gasteiger partial charge in [0, 0.05) is 17.5 Å². The van der Waals surface area contributed by atoms with Crippen LogP contribution in [-0.4, -0.2) is 55.0 Å². The number of carbonyl (C=O) groups is 4. The zero-order valence-corrected chi connectivity index (χ0v) is 19.7. The van der Waals surface area contributed by atoms with Gasteiger partial charge in [0.15, 0.2) is 0 Å². The Morgan fingerprint density at radius 2 is 1.61 bits per heavy atom. The Bertz CT molecular complexity index is 1110. The van der Waals surface area contributed by atoms with Crippen molar-refractivity contribution in [3.63, 3.8) is 0 Å². The molecule has 9 nitrogen and oxygen atoms in total. The van der Waals surface area contributed by atoms with Crippen LogP contribution in [0.3, 0.4) is 0 Å². The molecule has 2 atom stereocenters. The molecule has 0 amide bonds. The van der Waals surface area contributed by atoms with Crippen molar-refractivity contribution in [2.24, 2.45) is 11.8 Å². The largest absolute Gasteiger partial charge is 0.469 e. The number of benzene rings is 1. The molecular weight excluding hydrogens is 430 g/mol. The van der Waals surface area contributed by atoms with E-state index in [-0.39, 0.29) is 19.4 Å². The quantitative estimate of drug-likeness (QED) is 0.506. The number of hydrogen-bond donors (Lipinski definition) is 0. The molecule has 0 bridgehead atoms. The molecule has 0 unspecified atom stereocenters. The predicted octanol–water partition coefficient (Wildman–Crippen LogP) is 3.28. The van der Waals surface area contributed by atoms with Gasteiger partial charge in [-0.1, -0.05) is 0 Å². The second-order valence-electron chi connectivity index (χ2n) is 8.86. The van der Waals surface area contributed by atoms with E-state index in [0.717, 1.165) is 0 Å². The molecular formula is C24H29NO8. The maximum Gasteiger partial charge on any atom is 0.419 e. The summed E-state index contributed by atoms with van der Waals surface area (Å²) in [4.78, 5) is 50.6. The van der Waals surface area contributed by atoms with Crippen molar-refractivity contribution >= 4 is 34.9 Å². The maximum atomic E-state index is 13.2. The van der Waals surface area contributed by atoms with E-state index in [9.17, 15) is 19.2 Å². The summed E-state index contributed by atoms with van der Waals surface area (Å²) in [6, 6.07) is 4.85. The molecule has 0 spiro atoms. The van der Waals surface area contributed by atoms with Crippen molar-refractivity contribution in [3.8, 4) is 0 Å². The van der Waals surface area contributed by atoms with E-state index < -0.39 is 41.4 Å². The number of rotatable bonds is 4. The average Bonchev–Trinajstić information content (AvgIpc) is 3.08. The summed E-state index contributed by atoms with van der Waals surface area (Å²) in [6.45, 7) is 7.20. The van der Waals surface area contributed by atoms with Gasteiger partial charge in [0.2, 0.25) is 0 Å².